The first-order valence-corrected chi connectivity index (χ1v) is 7.51. The van der Waals surface area contributed by atoms with E-state index in [9.17, 15) is 19.1 Å². The first-order chi connectivity index (χ1) is 9.87. The van der Waals surface area contributed by atoms with Crippen LogP contribution in [0.25, 0.3) is 0 Å². The van der Waals surface area contributed by atoms with E-state index in [1.807, 2.05) is 0 Å². The molecule has 4 nitrogen and oxygen atoms in total. The summed E-state index contributed by atoms with van der Waals surface area (Å²) in [7, 11) is 0. The molecule has 116 valence electrons. The Balaban J connectivity index is 3.22. The molecule has 0 aliphatic carbocycles. The summed E-state index contributed by atoms with van der Waals surface area (Å²) in [5, 5.41) is 9.57. The van der Waals surface area contributed by atoms with Gasteiger partial charge in [-0.3, -0.25) is 9.59 Å². The molecule has 0 fully saturated rings. The third-order valence-electron chi connectivity index (χ3n) is 3.26. The third-order valence-corrected chi connectivity index (χ3v) is 4.00. The van der Waals surface area contributed by atoms with Crippen molar-refractivity contribution in [2.24, 2.45) is 5.41 Å². The molecule has 0 spiro atoms. The molecule has 1 rings (SSSR count). The second-order valence-corrected chi connectivity index (χ2v) is 5.62. The van der Waals surface area contributed by atoms with Crippen molar-refractivity contribution in [1.82, 2.24) is 0 Å². The van der Waals surface area contributed by atoms with E-state index in [1.165, 1.54) is 18.2 Å². The van der Waals surface area contributed by atoms with E-state index in [2.05, 4.69) is 15.9 Å². The van der Waals surface area contributed by atoms with Crippen molar-refractivity contribution in [1.29, 1.82) is 0 Å². The standard InChI is InChI=1S/C15H18BrFO4/c1-3-7-15(13(18)19,14(20)21-4-2)9-10-5-6-11(17)8-12(10)16/h5-6,8H,3-4,7,9H2,1-2H3,(H,18,19). The van der Waals surface area contributed by atoms with Crippen molar-refractivity contribution >= 4 is 27.9 Å². The average Bonchev–Trinajstić information content (AvgIpc) is 2.40. The largest absolute Gasteiger partial charge is 0.480 e. The molecule has 0 aliphatic heterocycles. The minimum absolute atomic E-state index is 0.0458. The molecule has 6 heteroatoms. The van der Waals surface area contributed by atoms with Gasteiger partial charge in [-0.05, 0) is 31.0 Å². The molecule has 0 amide bonds. The number of rotatable bonds is 7. The average molecular weight is 361 g/mol. The van der Waals surface area contributed by atoms with Gasteiger partial charge in [-0.1, -0.05) is 35.3 Å². The number of esters is 1. The Kier molecular flexibility index (Phi) is 6.33. The van der Waals surface area contributed by atoms with E-state index >= 15 is 0 Å². The zero-order valence-corrected chi connectivity index (χ0v) is 13.6. The van der Waals surface area contributed by atoms with Crippen molar-refractivity contribution in [3.63, 3.8) is 0 Å². The molecule has 1 aromatic rings. The number of carbonyl (C=O) groups is 2. The molecule has 1 unspecified atom stereocenters. The summed E-state index contributed by atoms with van der Waals surface area (Å²) in [5.74, 6) is -2.41. The van der Waals surface area contributed by atoms with E-state index < -0.39 is 23.2 Å². The summed E-state index contributed by atoms with van der Waals surface area (Å²) in [5.41, 5.74) is -1.09. The van der Waals surface area contributed by atoms with Crippen LogP contribution in [0.1, 0.15) is 32.3 Å². The highest BCUT2D eigenvalue weighted by atomic mass is 79.9. The summed E-state index contributed by atoms with van der Waals surface area (Å²) in [6.07, 6.45) is 0.630. The summed E-state index contributed by atoms with van der Waals surface area (Å²) in [6.45, 7) is 3.54. The molecule has 21 heavy (non-hydrogen) atoms. The normalized spacial score (nSPS) is 13.5. The van der Waals surface area contributed by atoms with Gasteiger partial charge in [0.1, 0.15) is 5.82 Å². The van der Waals surface area contributed by atoms with Gasteiger partial charge in [-0.2, -0.15) is 0 Å². The van der Waals surface area contributed by atoms with Crippen molar-refractivity contribution < 1.29 is 23.8 Å². The molecule has 1 N–H and O–H groups in total. The predicted molar refractivity (Wildman–Crippen MR) is 79.4 cm³/mol. The quantitative estimate of drug-likeness (QED) is 0.596. The number of hydrogen-bond acceptors (Lipinski definition) is 3. The highest BCUT2D eigenvalue weighted by Crippen LogP contribution is 2.34. The maximum absolute atomic E-state index is 13.1. The zero-order valence-electron chi connectivity index (χ0n) is 12.0. The van der Waals surface area contributed by atoms with Crippen molar-refractivity contribution in [2.45, 2.75) is 33.1 Å². The Bertz CT molecular complexity index is 532. The van der Waals surface area contributed by atoms with Gasteiger partial charge >= 0.3 is 11.9 Å². The maximum Gasteiger partial charge on any atom is 0.323 e. The van der Waals surface area contributed by atoms with Crippen LogP contribution >= 0.6 is 15.9 Å². The molecule has 1 aromatic carbocycles. The van der Waals surface area contributed by atoms with Crippen LogP contribution in [0, 0.1) is 11.2 Å². The van der Waals surface area contributed by atoms with Gasteiger partial charge in [0.25, 0.3) is 0 Å². The van der Waals surface area contributed by atoms with Crippen molar-refractivity contribution in [3.8, 4) is 0 Å². The van der Waals surface area contributed by atoms with Crippen LogP contribution in [-0.2, 0) is 20.7 Å². The molecule has 1 atom stereocenters. The van der Waals surface area contributed by atoms with Gasteiger partial charge in [0, 0.05) is 10.9 Å². The smallest absolute Gasteiger partial charge is 0.323 e. The fraction of sp³-hybridized carbons (Fsp3) is 0.467. The highest BCUT2D eigenvalue weighted by Gasteiger charge is 2.47. The van der Waals surface area contributed by atoms with Crippen molar-refractivity contribution in [3.05, 3.63) is 34.1 Å². The molecular weight excluding hydrogens is 343 g/mol. The molecule has 0 aromatic heterocycles. The molecule has 0 bridgehead atoms. The van der Waals surface area contributed by atoms with Gasteiger partial charge in [0.05, 0.1) is 6.61 Å². The van der Waals surface area contributed by atoms with Crippen molar-refractivity contribution in [2.75, 3.05) is 6.61 Å². The van der Waals surface area contributed by atoms with Crippen LogP contribution in [0.2, 0.25) is 0 Å². The Hall–Kier alpha value is -1.43. The Labute approximate surface area is 131 Å². The second kappa shape index (κ2) is 7.54. The van der Waals surface area contributed by atoms with Gasteiger partial charge in [0.15, 0.2) is 5.41 Å². The monoisotopic (exact) mass is 360 g/mol. The molecule has 0 saturated heterocycles. The van der Waals surface area contributed by atoms with Crippen LogP contribution < -0.4 is 0 Å². The van der Waals surface area contributed by atoms with Crippen LogP contribution in [0.3, 0.4) is 0 Å². The molecule has 0 heterocycles. The number of carbonyl (C=O) groups excluding carboxylic acids is 1. The fourth-order valence-electron chi connectivity index (χ4n) is 2.22. The topological polar surface area (TPSA) is 63.6 Å². The van der Waals surface area contributed by atoms with E-state index in [-0.39, 0.29) is 19.4 Å². The number of benzene rings is 1. The molecular formula is C15H18BrFO4. The van der Waals surface area contributed by atoms with Crippen LogP contribution in [0.15, 0.2) is 22.7 Å². The van der Waals surface area contributed by atoms with Gasteiger partial charge < -0.3 is 9.84 Å². The van der Waals surface area contributed by atoms with Crippen LogP contribution in [-0.4, -0.2) is 23.7 Å². The summed E-state index contributed by atoms with van der Waals surface area (Å²) in [4.78, 5) is 23.9. The zero-order chi connectivity index (χ0) is 16.0. The SMILES string of the molecule is CCCC(Cc1ccc(F)cc1Br)(C(=O)O)C(=O)OCC. The Morgan fingerprint density at radius 2 is 2.05 bits per heavy atom. The minimum atomic E-state index is -1.65. The lowest BCUT2D eigenvalue weighted by molar-refractivity contribution is -0.169. The van der Waals surface area contributed by atoms with Gasteiger partial charge in [0.2, 0.25) is 0 Å². The van der Waals surface area contributed by atoms with Crippen LogP contribution in [0.4, 0.5) is 4.39 Å². The second-order valence-electron chi connectivity index (χ2n) is 4.77. The van der Waals surface area contributed by atoms with E-state index in [0.717, 1.165) is 0 Å². The summed E-state index contributed by atoms with van der Waals surface area (Å²) < 4.78 is 18.5. The number of aliphatic carboxylic acids is 1. The molecule has 0 saturated carbocycles. The minimum Gasteiger partial charge on any atom is -0.480 e. The van der Waals surface area contributed by atoms with E-state index in [0.29, 0.717) is 16.5 Å². The lowest BCUT2D eigenvalue weighted by Crippen LogP contribution is -2.42. The number of carboxylic acid groups (broad SMARTS) is 1. The Morgan fingerprint density at radius 3 is 2.52 bits per heavy atom. The van der Waals surface area contributed by atoms with Gasteiger partial charge in [-0.15, -0.1) is 0 Å². The lowest BCUT2D eigenvalue weighted by Gasteiger charge is -2.27. The first kappa shape index (κ1) is 17.6. The maximum atomic E-state index is 13.1. The first-order valence-electron chi connectivity index (χ1n) is 6.72. The number of ether oxygens (including phenoxy) is 1. The summed E-state index contributed by atoms with van der Waals surface area (Å²) >= 11 is 3.20. The van der Waals surface area contributed by atoms with E-state index in [4.69, 9.17) is 4.74 Å². The third kappa shape index (κ3) is 4.03. The Morgan fingerprint density at radius 1 is 1.38 bits per heavy atom. The molecule has 0 aliphatic rings. The fourth-order valence-corrected chi connectivity index (χ4v) is 2.71. The number of hydrogen-bond donors (Lipinski definition) is 1. The van der Waals surface area contributed by atoms with Gasteiger partial charge in [-0.25, -0.2) is 4.39 Å². The van der Waals surface area contributed by atoms with Crippen LogP contribution in [0.5, 0.6) is 0 Å². The molecule has 0 radical (unpaired) electrons. The lowest BCUT2D eigenvalue weighted by atomic mass is 9.78. The highest BCUT2D eigenvalue weighted by molar-refractivity contribution is 9.10. The summed E-state index contributed by atoms with van der Waals surface area (Å²) in [6, 6.07) is 3.97. The predicted octanol–water partition coefficient (Wildman–Crippen LogP) is 3.56. The number of halogens is 2. The number of carboxylic acids is 1. The van der Waals surface area contributed by atoms with E-state index in [1.54, 1.807) is 13.8 Å².